The number of aromatic nitrogens is 2. The van der Waals surface area contributed by atoms with Gasteiger partial charge in [-0.25, -0.2) is 9.78 Å². The number of hydrogen-bond donors (Lipinski definition) is 1. The van der Waals surface area contributed by atoms with E-state index in [1.807, 2.05) is 6.07 Å². The Kier molecular flexibility index (Phi) is 2.63. The van der Waals surface area contributed by atoms with Crippen molar-refractivity contribution in [1.82, 2.24) is 9.55 Å². The van der Waals surface area contributed by atoms with Crippen molar-refractivity contribution in [2.24, 2.45) is 0 Å². The second-order valence-electron chi connectivity index (χ2n) is 6.36. The Morgan fingerprint density at radius 3 is 2.90 bits per heavy atom. The van der Waals surface area contributed by atoms with Gasteiger partial charge in [-0.1, -0.05) is 6.07 Å². The van der Waals surface area contributed by atoms with E-state index < -0.39 is 5.97 Å². The summed E-state index contributed by atoms with van der Waals surface area (Å²) in [7, 11) is 0. The zero-order valence-electron chi connectivity index (χ0n) is 12.0. The number of carbonyl (C=O) groups is 1. The first kappa shape index (κ1) is 12.8. The van der Waals surface area contributed by atoms with E-state index in [9.17, 15) is 9.90 Å². The normalized spacial score (nSPS) is 25.6. The maximum atomic E-state index is 11.6. The van der Waals surface area contributed by atoms with Crippen LogP contribution in [0.3, 0.4) is 0 Å². The van der Waals surface area contributed by atoms with E-state index in [0.29, 0.717) is 18.1 Å². The van der Waals surface area contributed by atoms with Gasteiger partial charge in [0.1, 0.15) is 5.82 Å². The summed E-state index contributed by atoms with van der Waals surface area (Å²) >= 11 is 0. The lowest BCUT2D eigenvalue weighted by molar-refractivity contribution is 0.0698. The number of ether oxygens (including phenoxy) is 1. The van der Waals surface area contributed by atoms with Crippen LogP contribution < -0.4 is 0 Å². The van der Waals surface area contributed by atoms with Crippen molar-refractivity contribution in [3.05, 3.63) is 29.6 Å². The summed E-state index contributed by atoms with van der Waals surface area (Å²) in [6.45, 7) is 3.48. The van der Waals surface area contributed by atoms with Gasteiger partial charge in [0, 0.05) is 12.5 Å². The quantitative estimate of drug-likeness (QED) is 0.942. The molecule has 1 atom stereocenters. The molecule has 1 aliphatic heterocycles. The van der Waals surface area contributed by atoms with E-state index in [-0.39, 0.29) is 5.54 Å². The molecular weight excluding hydrogens is 268 g/mol. The third-order valence-corrected chi connectivity index (χ3v) is 4.61. The fraction of sp³-hybridized carbons (Fsp3) is 0.500. The summed E-state index contributed by atoms with van der Waals surface area (Å²) in [5, 5.41) is 9.53. The molecule has 2 aliphatic rings. The highest BCUT2D eigenvalue weighted by atomic mass is 16.5. The van der Waals surface area contributed by atoms with Crippen molar-refractivity contribution < 1.29 is 14.6 Å². The standard InChI is InChI=1S/C16H18N2O3/c1-16(7-8-21-9-16)18-13-11(15(19)20)3-2-4-12(13)17-14(18)10-5-6-10/h2-4,10H,5-9H2,1H3,(H,19,20). The van der Waals surface area contributed by atoms with Crippen LogP contribution in [0, 0.1) is 0 Å². The number of para-hydroxylation sites is 1. The van der Waals surface area contributed by atoms with Crippen LogP contribution in [0.4, 0.5) is 0 Å². The summed E-state index contributed by atoms with van der Waals surface area (Å²) in [5.41, 5.74) is 1.67. The van der Waals surface area contributed by atoms with Crippen LogP contribution in [0.25, 0.3) is 11.0 Å². The molecule has 5 nitrogen and oxygen atoms in total. The molecular formula is C16H18N2O3. The molecule has 1 aliphatic carbocycles. The molecule has 4 rings (SSSR count). The van der Waals surface area contributed by atoms with Crippen molar-refractivity contribution in [2.45, 2.75) is 37.6 Å². The molecule has 5 heteroatoms. The third kappa shape index (κ3) is 1.87. The molecule has 2 heterocycles. The van der Waals surface area contributed by atoms with Gasteiger partial charge in [-0.15, -0.1) is 0 Å². The predicted molar refractivity (Wildman–Crippen MR) is 77.8 cm³/mol. The molecule has 2 fully saturated rings. The van der Waals surface area contributed by atoms with Crippen LogP contribution in [-0.2, 0) is 10.3 Å². The number of hydrogen-bond acceptors (Lipinski definition) is 3. The highest BCUT2D eigenvalue weighted by molar-refractivity contribution is 6.01. The number of carboxylic acid groups (broad SMARTS) is 1. The van der Waals surface area contributed by atoms with Crippen molar-refractivity contribution in [1.29, 1.82) is 0 Å². The second-order valence-corrected chi connectivity index (χ2v) is 6.36. The lowest BCUT2D eigenvalue weighted by Crippen LogP contribution is -2.32. The average Bonchev–Trinajstić information content (AvgIpc) is 3.09. The number of aromatic carboxylic acids is 1. The monoisotopic (exact) mass is 286 g/mol. The van der Waals surface area contributed by atoms with E-state index in [0.717, 1.165) is 42.7 Å². The maximum Gasteiger partial charge on any atom is 0.337 e. The van der Waals surface area contributed by atoms with Gasteiger partial charge in [-0.05, 0) is 38.3 Å². The average molecular weight is 286 g/mol. The molecule has 0 radical (unpaired) electrons. The Balaban J connectivity index is 2.05. The molecule has 1 N–H and O–H groups in total. The van der Waals surface area contributed by atoms with Crippen LogP contribution >= 0.6 is 0 Å². The van der Waals surface area contributed by atoms with Crippen LogP contribution in [0.5, 0.6) is 0 Å². The zero-order chi connectivity index (χ0) is 14.6. The maximum absolute atomic E-state index is 11.6. The number of carboxylic acids is 1. The molecule has 1 aromatic carbocycles. The van der Waals surface area contributed by atoms with E-state index in [2.05, 4.69) is 11.5 Å². The second kappa shape index (κ2) is 4.31. The molecule has 1 aromatic heterocycles. The Hall–Kier alpha value is -1.88. The summed E-state index contributed by atoms with van der Waals surface area (Å²) < 4.78 is 7.76. The number of benzene rings is 1. The van der Waals surface area contributed by atoms with Crippen molar-refractivity contribution in [3.8, 4) is 0 Å². The Morgan fingerprint density at radius 2 is 2.29 bits per heavy atom. The highest BCUT2D eigenvalue weighted by Gasteiger charge is 2.40. The van der Waals surface area contributed by atoms with Crippen molar-refractivity contribution >= 4 is 17.0 Å². The van der Waals surface area contributed by atoms with Crippen LogP contribution in [0.1, 0.15) is 48.3 Å². The van der Waals surface area contributed by atoms with E-state index in [1.165, 1.54) is 0 Å². The van der Waals surface area contributed by atoms with Gasteiger partial charge >= 0.3 is 5.97 Å². The number of fused-ring (bicyclic) bond motifs is 1. The lowest BCUT2D eigenvalue weighted by Gasteiger charge is -2.27. The van der Waals surface area contributed by atoms with E-state index in [1.54, 1.807) is 12.1 Å². The van der Waals surface area contributed by atoms with Gasteiger partial charge in [-0.2, -0.15) is 0 Å². The minimum atomic E-state index is -0.897. The fourth-order valence-electron chi connectivity index (χ4n) is 3.31. The first-order valence-corrected chi connectivity index (χ1v) is 7.43. The number of nitrogens with zero attached hydrogens (tertiary/aromatic N) is 2. The minimum Gasteiger partial charge on any atom is -0.478 e. The molecule has 2 aromatic rings. The Bertz CT molecular complexity index is 724. The van der Waals surface area contributed by atoms with Gasteiger partial charge in [-0.3, -0.25) is 0 Å². The van der Waals surface area contributed by atoms with E-state index >= 15 is 0 Å². The predicted octanol–water partition coefficient (Wildman–Crippen LogP) is 2.75. The molecule has 1 saturated heterocycles. The molecule has 1 unspecified atom stereocenters. The van der Waals surface area contributed by atoms with Gasteiger partial charge in [0.05, 0.1) is 28.7 Å². The molecule has 110 valence electrons. The zero-order valence-corrected chi connectivity index (χ0v) is 12.0. The smallest absolute Gasteiger partial charge is 0.337 e. The Morgan fingerprint density at radius 1 is 1.48 bits per heavy atom. The number of rotatable bonds is 3. The van der Waals surface area contributed by atoms with Crippen molar-refractivity contribution in [3.63, 3.8) is 0 Å². The molecule has 0 spiro atoms. The molecule has 0 bridgehead atoms. The van der Waals surface area contributed by atoms with Crippen molar-refractivity contribution in [2.75, 3.05) is 13.2 Å². The summed E-state index contributed by atoms with van der Waals surface area (Å²) in [6, 6.07) is 5.34. The third-order valence-electron chi connectivity index (χ3n) is 4.61. The molecule has 0 amide bonds. The molecule has 21 heavy (non-hydrogen) atoms. The van der Waals surface area contributed by atoms with Gasteiger partial charge < -0.3 is 14.4 Å². The van der Waals surface area contributed by atoms with Crippen LogP contribution in [0.2, 0.25) is 0 Å². The minimum absolute atomic E-state index is 0.196. The summed E-state index contributed by atoms with van der Waals surface area (Å²) in [5.74, 6) is 0.606. The first-order chi connectivity index (χ1) is 10.1. The largest absolute Gasteiger partial charge is 0.478 e. The van der Waals surface area contributed by atoms with Crippen LogP contribution in [-0.4, -0.2) is 33.8 Å². The molecule has 1 saturated carbocycles. The Labute approximate surface area is 122 Å². The number of imidazole rings is 1. The van der Waals surface area contributed by atoms with Gasteiger partial charge in [0.25, 0.3) is 0 Å². The SMILES string of the molecule is CC1(n2c(C3CC3)nc3cccc(C(=O)O)c32)CCOC1. The summed E-state index contributed by atoms with van der Waals surface area (Å²) in [4.78, 5) is 16.4. The lowest BCUT2D eigenvalue weighted by atomic mass is 9.99. The van der Waals surface area contributed by atoms with Crippen LogP contribution in [0.15, 0.2) is 18.2 Å². The topological polar surface area (TPSA) is 64.4 Å². The first-order valence-electron chi connectivity index (χ1n) is 7.43. The van der Waals surface area contributed by atoms with Gasteiger partial charge in [0.15, 0.2) is 0 Å². The summed E-state index contributed by atoms with van der Waals surface area (Å²) in [6.07, 6.45) is 3.18. The van der Waals surface area contributed by atoms with Gasteiger partial charge in [0.2, 0.25) is 0 Å². The fourth-order valence-corrected chi connectivity index (χ4v) is 3.31. The highest BCUT2D eigenvalue weighted by Crippen LogP contribution is 2.44. The van der Waals surface area contributed by atoms with E-state index in [4.69, 9.17) is 9.72 Å².